The van der Waals surface area contributed by atoms with Gasteiger partial charge in [0.25, 0.3) is 0 Å². The molecule has 0 radical (unpaired) electrons. The summed E-state index contributed by atoms with van der Waals surface area (Å²) in [4.78, 5) is 0. The Morgan fingerprint density at radius 1 is 1.28 bits per heavy atom. The van der Waals surface area contributed by atoms with Crippen molar-refractivity contribution in [2.75, 3.05) is 4.43 Å². The summed E-state index contributed by atoms with van der Waals surface area (Å²) < 4.78 is 7.47. The van der Waals surface area contributed by atoms with Crippen molar-refractivity contribution >= 4 is 36.1 Å². The third-order valence-electron chi connectivity index (χ3n) is 2.93. The smallest absolute Gasteiger partial charge is 0.218 e. The molecule has 1 aromatic rings. The average molecular weight is 374 g/mol. The third kappa shape index (κ3) is 5.24. The van der Waals surface area contributed by atoms with Crippen molar-refractivity contribution in [2.24, 2.45) is 0 Å². The maximum absolute atomic E-state index is 6.42. The van der Waals surface area contributed by atoms with E-state index in [9.17, 15) is 0 Å². The Bertz CT molecular complexity index is 362. The largest absolute Gasteiger partial charge is 0.407 e. The molecule has 0 aliphatic heterocycles. The molecule has 1 unspecified atom stereocenters. The van der Waals surface area contributed by atoms with Crippen LogP contribution in [0.5, 0.6) is 0 Å². The second-order valence-corrected chi connectivity index (χ2v) is 9.62. The predicted molar refractivity (Wildman–Crippen MR) is 91.4 cm³/mol. The maximum Gasteiger partial charge on any atom is 0.218 e. The monoisotopic (exact) mass is 374 g/mol. The lowest BCUT2D eigenvalue weighted by molar-refractivity contribution is 0.233. The van der Waals surface area contributed by atoms with Crippen molar-refractivity contribution in [1.29, 1.82) is 0 Å². The summed E-state index contributed by atoms with van der Waals surface area (Å²) in [5.74, 6) is 0. The fraction of sp³-hybridized carbons (Fsp3) is 0.467. The molecule has 0 N–H and O–H groups in total. The zero-order valence-electron chi connectivity index (χ0n) is 11.5. The highest BCUT2D eigenvalue weighted by atomic mass is 127. The van der Waals surface area contributed by atoms with Gasteiger partial charge in [0.15, 0.2) is 0 Å². The van der Waals surface area contributed by atoms with Gasteiger partial charge in [0, 0.05) is 4.43 Å². The van der Waals surface area contributed by atoms with Gasteiger partial charge in [-0.2, -0.15) is 0 Å². The first-order chi connectivity index (χ1) is 8.60. The van der Waals surface area contributed by atoms with Crippen molar-refractivity contribution in [1.82, 2.24) is 0 Å². The molecular formula is C15H23IOSi. The molecule has 0 bridgehead atoms. The van der Waals surface area contributed by atoms with E-state index in [2.05, 4.69) is 85.1 Å². The van der Waals surface area contributed by atoms with Gasteiger partial charge in [0.05, 0.1) is 6.10 Å². The molecule has 0 aromatic heterocycles. The van der Waals surface area contributed by atoms with Gasteiger partial charge >= 0.3 is 0 Å². The summed E-state index contributed by atoms with van der Waals surface area (Å²) in [5.41, 5.74) is 0. The average Bonchev–Trinajstić information content (AvgIpc) is 2.37. The normalized spacial score (nSPS) is 14.0. The Morgan fingerprint density at radius 2 is 1.94 bits per heavy atom. The van der Waals surface area contributed by atoms with Crippen LogP contribution in [0.1, 0.15) is 19.8 Å². The summed E-state index contributed by atoms with van der Waals surface area (Å²) in [6.45, 7) is 6.77. The number of benzene rings is 1. The van der Waals surface area contributed by atoms with Crippen molar-refractivity contribution in [3.05, 3.63) is 42.5 Å². The molecule has 0 heterocycles. The van der Waals surface area contributed by atoms with Crippen LogP contribution in [0.3, 0.4) is 0 Å². The molecule has 3 heteroatoms. The number of alkyl halides is 1. The lowest BCUT2D eigenvalue weighted by atomic mass is 10.2. The first-order valence-electron chi connectivity index (χ1n) is 6.56. The van der Waals surface area contributed by atoms with Gasteiger partial charge in [0.1, 0.15) is 0 Å². The Hall–Kier alpha value is -0.133. The standard InChI is InChI=1S/C15H23IOSi/c1-4-9-14(10-8-13-16)17-18(2,3)15-11-6-5-7-12-15/h5-8,10-12,14H,4,9,13H2,1-3H3/b10-8+. The van der Waals surface area contributed by atoms with Crippen LogP contribution in [0.4, 0.5) is 0 Å². The topological polar surface area (TPSA) is 9.23 Å². The molecule has 1 aromatic carbocycles. The van der Waals surface area contributed by atoms with Gasteiger partial charge in [-0.1, -0.05) is 78.4 Å². The predicted octanol–water partition coefficient (Wildman–Crippen LogP) is 4.28. The molecule has 0 saturated carbocycles. The second-order valence-electron chi connectivity index (χ2n) is 4.90. The molecule has 0 saturated heterocycles. The number of halogens is 1. The minimum absolute atomic E-state index is 0.270. The van der Waals surface area contributed by atoms with E-state index in [1.54, 1.807) is 0 Å². The van der Waals surface area contributed by atoms with Crippen LogP contribution in [0, 0.1) is 0 Å². The summed E-state index contributed by atoms with van der Waals surface area (Å²) >= 11 is 2.37. The summed E-state index contributed by atoms with van der Waals surface area (Å²) in [7, 11) is -1.78. The molecule has 0 spiro atoms. The number of hydrogen-bond donors (Lipinski definition) is 0. The minimum Gasteiger partial charge on any atom is -0.407 e. The van der Waals surface area contributed by atoms with E-state index in [4.69, 9.17) is 4.43 Å². The van der Waals surface area contributed by atoms with E-state index in [1.165, 1.54) is 5.19 Å². The highest BCUT2D eigenvalue weighted by Gasteiger charge is 2.27. The highest BCUT2D eigenvalue weighted by molar-refractivity contribution is 14.1. The van der Waals surface area contributed by atoms with Gasteiger partial charge in [-0.3, -0.25) is 0 Å². The molecule has 100 valence electrons. The van der Waals surface area contributed by atoms with E-state index in [1.807, 2.05) is 0 Å². The zero-order valence-corrected chi connectivity index (χ0v) is 14.7. The summed E-state index contributed by atoms with van der Waals surface area (Å²) in [5, 5.41) is 1.37. The van der Waals surface area contributed by atoms with E-state index in [0.717, 1.165) is 17.3 Å². The van der Waals surface area contributed by atoms with Crippen LogP contribution < -0.4 is 5.19 Å². The fourth-order valence-electron chi connectivity index (χ4n) is 1.97. The quantitative estimate of drug-likeness (QED) is 0.300. The summed E-state index contributed by atoms with van der Waals surface area (Å²) in [6.07, 6.45) is 6.97. The first-order valence-corrected chi connectivity index (χ1v) is 11.0. The lowest BCUT2D eigenvalue weighted by Crippen LogP contribution is -2.47. The van der Waals surface area contributed by atoms with Crippen LogP contribution in [0.25, 0.3) is 0 Å². The molecule has 0 aliphatic rings. The second kappa shape index (κ2) is 8.12. The maximum atomic E-state index is 6.42. The molecule has 0 amide bonds. The van der Waals surface area contributed by atoms with Gasteiger partial charge in [-0.05, 0) is 24.7 Å². The number of allylic oxidation sites excluding steroid dienone is 1. The van der Waals surface area contributed by atoms with Crippen LogP contribution in [0.15, 0.2) is 42.5 Å². The Labute approximate surface area is 126 Å². The van der Waals surface area contributed by atoms with E-state index in [0.29, 0.717) is 0 Å². The van der Waals surface area contributed by atoms with E-state index in [-0.39, 0.29) is 6.10 Å². The van der Waals surface area contributed by atoms with Gasteiger partial charge in [-0.15, -0.1) is 0 Å². The molecule has 18 heavy (non-hydrogen) atoms. The molecule has 1 nitrogen and oxygen atoms in total. The number of hydrogen-bond acceptors (Lipinski definition) is 1. The molecule has 1 atom stereocenters. The van der Waals surface area contributed by atoms with Crippen molar-refractivity contribution in [3.63, 3.8) is 0 Å². The number of rotatable bonds is 7. The summed E-state index contributed by atoms with van der Waals surface area (Å²) in [6, 6.07) is 10.6. The van der Waals surface area contributed by atoms with Crippen molar-refractivity contribution < 1.29 is 4.43 Å². The van der Waals surface area contributed by atoms with Gasteiger partial charge < -0.3 is 4.43 Å². The van der Waals surface area contributed by atoms with Gasteiger partial charge in [-0.25, -0.2) is 0 Å². The third-order valence-corrected chi connectivity index (χ3v) is 6.05. The minimum atomic E-state index is -1.78. The van der Waals surface area contributed by atoms with Crippen LogP contribution in [-0.2, 0) is 4.43 Å². The van der Waals surface area contributed by atoms with Crippen LogP contribution in [-0.4, -0.2) is 18.8 Å². The zero-order chi connectivity index (χ0) is 13.4. The lowest BCUT2D eigenvalue weighted by Gasteiger charge is -2.28. The van der Waals surface area contributed by atoms with Gasteiger partial charge in [0.2, 0.25) is 8.32 Å². The van der Waals surface area contributed by atoms with Crippen molar-refractivity contribution in [3.8, 4) is 0 Å². The molecule has 0 aliphatic carbocycles. The van der Waals surface area contributed by atoms with E-state index < -0.39 is 8.32 Å². The fourth-order valence-corrected chi connectivity index (χ4v) is 4.35. The first kappa shape index (κ1) is 15.9. The Balaban J connectivity index is 2.75. The van der Waals surface area contributed by atoms with Crippen molar-refractivity contribution in [2.45, 2.75) is 39.0 Å². The molecule has 0 fully saturated rings. The van der Waals surface area contributed by atoms with Crippen LogP contribution in [0.2, 0.25) is 13.1 Å². The van der Waals surface area contributed by atoms with Crippen LogP contribution >= 0.6 is 22.6 Å². The van der Waals surface area contributed by atoms with E-state index >= 15 is 0 Å². The Kier molecular flexibility index (Phi) is 7.18. The Morgan fingerprint density at radius 3 is 2.50 bits per heavy atom. The SMILES string of the molecule is CCCC(/C=C/CI)O[Si](C)(C)c1ccccc1. The highest BCUT2D eigenvalue weighted by Crippen LogP contribution is 2.14. The molecule has 1 rings (SSSR count). The molecular weight excluding hydrogens is 351 g/mol.